The molecule has 0 aromatic heterocycles. The average Bonchev–Trinajstić information content (AvgIpc) is 2.83. The molecule has 2 unspecified atom stereocenters. The first-order chi connectivity index (χ1) is 9.04. The lowest BCUT2D eigenvalue weighted by molar-refractivity contribution is 0.101. The Kier molecular flexibility index (Phi) is 3.87. The van der Waals surface area contributed by atoms with Gasteiger partial charge in [-0.15, -0.1) is 0 Å². The Bertz CT molecular complexity index is 533. The summed E-state index contributed by atoms with van der Waals surface area (Å²) in [5, 5.41) is 9.01. The molecule has 1 aliphatic heterocycles. The Balaban J connectivity index is 2.41. The number of rotatable bonds is 3. The van der Waals surface area contributed by atoms with Crippen molar-refractivity contribution in [2.75, 3.05) is 18.6 Å². The molecule has 0 spiro atoms. The van der Waals surface area contributed by atoms with E-state index in [1.807, 2.05) is 14.0 Å². The molecule has 1 aromatic rings. The fourth-order valence-electron chi connectivity index (χ4n) is 2.60. The van der Waals surface area contributed by atoms with Crippen molar-refractivity contribution >= 4 is 11.5 Å². The van der Waals surface area contributed by atoms with Crippen LogP contribution >= 0.6 is 0 Å². The van der Waals surface area contributed by atoms with Gasteiger partial charge in [-0.2, -0.15) is 5.26 Å². The van der Waals surface area contributed by atoms with Crippen LogP contribution in [0.25, 0.3) is 0 Å². The molecular formula is C15H18N2O2. The summed E-state index contributed by atoms with van der Waals surface area (Å²) < 4.78 is 5.57. The van der Waals surface area contributed by atoms with Gasteiger partial charge in [-0.05, 0) is 38.5 Å². The van der Waals surface area contributed by atoms with Gasteiger partial charge in [0.25, 0.3) is 0 Å². The number of ketones is 1. The van der Waals surface area contributed by atoms with Gasteiger partial charge in [-0.1, -0.05) is 0 Å². The largest absolute Gasteiger partial charge is 0.376 e. The van der Waals surface area contributed by atoms with Crippen LogP contribution in [0.5, 0.6) is 0 Å². The van der Waals surface area contributed by atoms with Crippen LogP contribution in [0.4, 0.5) is 5.69 Å². The van der Waals surface area contributed by atoms with Crippen molar-refractivity contribution in [2.24, 2.45) is 0 Å². The molecule has 100 valence electrons. The van der Waals surface area contributed by atoms with Gasteiger partial charge in [0.15, 0.2) is 5.78 Å². The highest BCUT2D eigenvalue weighted by atomic mass is 16.5. The molecular weight excluding hydrogens is 240 g/mol. The number of nitriles is 1. The van der Waals surface area contributed by atoms with Gasteiger partial charge in [0.2, 0.25) is 0 Å². The number of nitrogens with zero attached hydrogens (tertiary/aromatic N) is 2. The van der Waals surface area contributed by atoms with Crippen LogP contribution in [0.15, 0.2) is 18.2 Å². The van der Waals surface area contributed by atoms with E-state index >= 15 is 0 Å². The van der Waals surface area contributed by atoms with Gasteiger partial charge in [0.05, 0.1) is 23.8 Å². The Hall–Kier alpha value is -1.86. The standard InChI is InChI=1S/C15H18N2O2/c1-10(18)13-5-4-12(9-16)8-15(13)17(3)14-6-7-19-11(14)2/h4-5,8,11,14H,6-7H2,1-3H3. The van der Waals surface area contributed by atoms with E-state index in [1.165, 1.54) is 0 Å². The molecule has 1 saturated heterocycles. The Morgan fingerprint density at radius 2 is 2.26 bits per heavy atom. The molecule has 1 aliphatic rings. The molecule has 1 heterocycles. The first kappa shape index (κ1) is 13.6. The van der Waals surface area contributed by atoms with E-state index in [0.717, 1.165) is 18.7 Å². The predicted molar refractivity (Wildman–Crippen MR) is 73.4 cm³/mol. The lowest BCUT2D eigenvalue weighted by atomic mass is 10.0. The molecule has 19 heavy (non-hydrogen) atoms. The van der Waals surface area contributed by atoms with Gasteiger partial charge in [0.1, 0.15) is 0 Å². The molecule has 4 heteroatoms. The number of benzene rings is 1. The lowest BCUT2D eigenvalue weighted by Crippen LogP contribution is -2.37. The van der Waals surface area contributed by atoms with Crippen LogP contribution < -0.4 is 4.90 Å². The van der Waals surface area contributed by atoms with Crippen molar-refractivity contribution < 1.29 is 9.53 Å². The van der Waals surface area contributed by atoms with Gasteiger partial charge < -0.3 is 9.64 Å². The topological polar surface area (TPSA) is 53.3 Å². The summed E-state index contributed by atoms with van der Waals surface area (Å²) in [6.45, 7) is 4.33. The molecule has 1 aromatic carbocycles. The van der Waals surface area contributed by atoms with Gasteiger partial charge in [-0.25, -0.2) is 0 Å². The molecule has 0 bridgehead atoms. The van der Waals surface area contributed by atoms with Crippen molar-refractivity contribution in [3.05, 3.63) is 29.3 Å². The normalized spacial score (nSPS) is 22.0. The molecule has 0 radical (unpaired) electrons. The highest BCUT2D eigenvalue weighted by Gasteiger charge is 2.29. The van der Waals surface area contributed by atoms with E-state index in [1.54, 1.807) is 25.1 Å². The molecule has 2 atom stereocenters. The van der Waals surface area contributed by atoms with Crippen molar-refractivity contribution in [1.29, 1.82) is 5.26 Å². The molecule has 0 amide bonds. The number of carbonyl (C=O) groups excluding carboxylic acids is 1. The number of anilines is 1. The number of hydrogen-bond donors (Lipinski definition) is 0. The quantitative estimate of drug-likeness (QED) is 0.781. The zero-order valence-corrected chi connectivity index (χ0v) is 11.5. The van der Waals surface area contributed by atoms with Gasteiger partial charge >= 0.3 is 0 Å². The second kappa shape index (κ2) is 5.41. The number of likely N-dealkylation sites (N-methyl/N-ethyl adjacent to an activating group) is 1. The molecule has 0 saturated carbocycles. The Morgan fingerprint density at radius 3 is 2.79 bits per heavy atom. The fraction of sp³-hybridized carbons (Fsp3) is 0.467. The SMILES string of the molecule is CC(=O)c1ccc(C#N)cc1N(C)C1CCOC1C. The third kappa shape index (κ3) is 2.61. The van der Waals surface area contributed by atoms with Crippen LogP contribution in [0.3, 0.4) is 0 Å². The summed E-state index contributed by atoms with van der Waals surface area (Å²) in [4.78, 5) is 13.8. The molecule has 1 fully saturated rings. The zero-order chi connectivity index (χ0) is 14.0. The molecule has 0 N–H and O–H groups in total. The molecule has 0 aliphatic carbocycles. The smallest absolute Gasteiger partial charge is 0.161 e. The van der Waals surface area contributed by atoms with Crippen molar-refractivity contribution in [3.8, 4) is 6.07 Å². The first-order valence-electron chi connectivity index (χ1n) is 6.44. The van der Waals surface area contributed by atoms with Crippen LogP contribution in [0.1, 0.15) is 36.2 Å². The Labute approximate surface area is 113 Å². The molecule has 2 rings (SSSR count). The monoisotopic (exact) mass is 258 g/mol. The number of Topliss-reactive ketones (excluding diaryl/α,β-unsaturated/α-hetero) is 1. The highest BCUT2D eigenvalue weighted by molar-refractivity contribution is 6.00. The van der Waals surface area contributed by atoms with Crippen molar-refractivity contribution in [1.82, 2.24) is 0 Å². The van der Waals surface area contributed by atoms with Gasteiger partial charge in [-0.3, -0.25) is 4.79 Å². The van der Waals surface area contributed by atoms with Crippen LogP contribution in [-0.2, 0) is 4.74 Å². The minimum Gasteiger partial charge on any atom is -0.376 e. The van der Waals surface area contributed by atoms with Crippen LogP contribution in [-0.4, -0.2) is 31.6 Å². The maximum atomic E-state index is 11.7. The van der Waals surface area contributed by atoms with Crippen molar-refractivity contribution in [3.63, 3.8) is 0 Å². The minimum atomic E-state index is 0.0120. The third-order valence-corrected chi connectivity index (χ3v) is 3.72. The van der Waals surface area contributed by atoms with E-state index in [4.69, 9.17) is 10.00 Å². The van der Waals surface area contributed by atoms with Crippen LogP contribution in [0.2, 0.25) is 0 Å². The highest BCUT2D eigenvalue weighted by Crippen LogP contribution is 2.28. The summed E-state index contributed by atoms with van der Waals surface area (Å²) in [5.41, 5.74) is 2.04. The second-order valence-corrected chi connectivity index (χ2v) is 4.94. The summed E-state index contributed by atoms with van der Waals surface area (Å²) in [6, 6.07) is 7.56. The molecule has 4 nitrogen and oxygen atoms in total. The predicted octanol–water partition coefficient (Wildman–Crippen LogP) is 2.37. The van der Waals surface area contributed by atoms with E-state index in [9.17, 15) is 4.79 Å². The zero-order valence-electron chi connectivity index (χ0n) is 11.5. The van der Waals surface area contributed by atoms with Crippen LogP contribution in [0, 0.1) is 11.3 Å². The van der Waals surface area contributed by atoms with Gasteiger partial charge in [0, 0.05) is 24.9 Å². The number of ether oxygens (including phenoxy) is 1. The summed E-state index contributed by atoms with van der Waals surface area (Å²) in [7, 11) is 1.96. The maximum Gasteiger partial charge on any atom is 0.161 e. The van der Waals surface area contributed by atoms with Crippen molar-refractivity contribution in [2.45, 2.75) is 32.4 Å². The van der Waals surface area contributed by atoms with E-state index in [-0.39, 0.29) is 17.9 Å². The lowest BCUT2D eigenvalue weighted by Gasteiger charge is -2.30. The summed E-state index contributed by atoms with van der Waals surface area (Å²) in [5.74, 6) is 0.0120. The van der Waals surface area contributed by atoms with E-state index in [2.05, 4.69) is 11.0 Å². The maximum absolute atomic E-state index is 11.7. The fourth-order valence-corrected chi connectivity index (χ4v) is 2.60. The summed E-state index contributed by atoms with van der Waals surface area (Å²) in [6.07, 6.45) is 1.07. The second-order valence-electron chi connectivity index (χ2n) is 4.94. The minimum absolute atomic E-state index is 0.0120. The average molecular weight is 258 g/mol. The Morgan fingerprint density at radius 1 is 1.53 bits per heavy atom. The number of carbonyl (C=O) groups is 1. The van der Waals surface area contributed by atoms with E-state index < -0.39 is 0 Å². The summed E-state index contributed by atoms with van der Waals surface area (Å²) >= 11 is 0. The van der Waals surface area contributed by atoms with E-state index in [0.29, 0.717) is 11.1 Å². The third-order valence-electron chi connectivity index (χ3n) is 3.72. The first-order valence-corrected chi connectivity index (χ1v) is 6.44. The number of hydrogen-bond acceptors (Lipinski definition) is 4.